The molecule has 3 rings (SSSR count). The molecule has 0 saturated heterocycles. The van der Waals surface area contributed by atoms with E-state index in [1.54, 1.807) is 36.4 Å². The van der Waals surface area contributed by atoms with Crippen LogP contribution < -0.4 is 10.6 Å². The third-order valence-electron chi connectivity index (χ3n) is 4.09. The van der Waals surface area contributed by atoms with Crippen LogP contribution >= 0.6 is 0 Å². The summed E-state index contributed by atoms with van der Waals surface area (Å²) in [5.74, 6) is -1.89. The number of carbonyl (C=O) groups excluding carboxylic acids is 2. The van der Waals surface area contributed by atoms with Crippen molar-refractivity contribution in [3.05, 3.63) is 83.4 Å². The molecule has 0 atom stereocenters. The summed E-state index contributed by atoms with van der Waals surface area (Å²) in [7, 11) is 0. The molecule has 3 aromatic carbocycles. The van der Waals surface area contributed by atoms with Gasteiger partial charge in [-0.3, -0.25) is 9.59 Å². The minimum atomic E-state index is -1.16. The second kappa shape index (κ2) is 8.14. The van der Waals surface area contributed by atoms with Gasteiger partial charge in [0.05, 0.1) is 11.1 Å². The van der Waals surface area contributed by atoms with Gasteiger partial charge in [0.25, 0.3) is 11.8 Å². The van der Waals surface area contributed by atoms with E-state index in [1.807, 2.05) is 24.3 Å². The molecule has 0 saturated carbocycles. The van der Waals surface area contributed by atoms with Crippen molar-refractivity contribution in [3.8, 4) is 0 Å². The molecule has 2 amide bonds. The van der Waals surface area contributed by atoms with Gasteiger partial charge in [-0.2, -0.15) is 0 Å². The van der Waals surface area contributed by atoms with Crippen LogP contribution in [0.4, 0.5) is 0 Å². The molecule has 3 N–H and O–H groups in total. The number of benzene rings is 3. The monoisotopic (exact) mass is 362 g/mol. The van der Waals surface area contributed by atoms with Gasteiger partial charge in [-0.15, -0.1) is 0 Å². The summed E-state index contributed by atoms with van der Waals surface area (Å²) >= 11 is 0. The lowest BCUT2D eigenvalue weighted by Crippen LogP contribution is -2.35. The lowest BCUT2D eigenvalue weighted by Gasteiger charge is -2.10. The Labute approximate surface area is 155 Å². The largest absolute Gasteiger partial charge is 0.478 e. The Morgan fingerprint density at radius 1 is 0.704 bits per heavy atom. The molecule has 0 radical (unpaired) electrons. The Morgan fingerprint density at radius 3 is 1.81 bits per heavy atom. The van der Waals surface area contributed by atoms with Crippen molar-refractivity contribution in [2.45, 2.75) is 0 Å². The lowest BCUT2D eigenvalue weighted by atomic mass is 10.0. The first kappa shape index (κ1) is 18.1. The minimum Gasteiger partial charge on any atom is -0.478 e. The van der Waals surface area contributed by atoms with Crippen LogP contribution in [-0.2, 0) is 0 Å². The van der Waals surface area contributed by atoms with Gasteiger partial charge in [-0.05, 0) is 35.0 Å². The van der Waals surface area contributed by atoms with Crippen LogP contribution in [0.25, 0.3) is 10.8 Å². The molecular formula is C21H18N2O4. The lowest BCUT2D eigenvalue weighted by molar-refractivity contribution is 0.0691. The number of rotatable bonds is 6. The average molecular weight is 362 g/mol. The van der Waals surface area contributed by atoms with Gasteiger partial charge in [-0.25, -0.2) is 4.79 Å². The molecule has 0 aromatic heterocycles. The first-order valence-corrected chi connectivity index (χ1v) is 8.44. The number of amides is 2. The summed E-state index contributed by atoms with van der Waals surface area (Å²) < 4.78 is 0. The Hall–Kier alpha value is -3.67. The molecule has 3 aromatic rings. The molecule has 6 heteroatoms. The van der Waals surface area contributed by atoms with Gasteiger partial charge in [0.15, 0.2) is 0 Å². The van der Waals surface area contributed by atoms with Crippen molar-refractivity contribution < 1.29 is 19.5 Å². The van der Waals surface area contributed by atoms with E-state index < -0.39 is 11.9 Å². The number of carbonyl (C=O) groups is 3. The number of hydrogen-bond donors (Lipinski definition) is 3. The quantitative estimate of drug-likeness (QED) is 0.588. The smallest absolute Gasteiger partial charge is 0.336 e. The van der Waals surface area contributed by atoms with E-state index >= 15 is 0 Å². The first-order valence-electron chi connectivity index (χ1n) is 8.44. The van der Waals surface area contributed by atoms with Crippen LogP contribution in [-0.4, -0.2) is 36.0 Å². The second-order valence-electron chi connectivity index (χ2n) is 5.93. The molecule has 0 fully saturated rings. The van der Waals surface area contributed by atoms with Crippen molar-refractivity contribution in [2.24, 2.45) is 0 Å². The molecule has 0 heterocycles. The number of hydrogen-bond acceptors (Lipinski definition) is 3. The Kier molecular flexibility index (Phi) is 5.47. The predicted molar refractivity (Wildman–Crippen MR) is 102 cm³/mol. The fourth-order valence-corrected chi connectivity index (χ4v) is 2.74. The van der Waals surface area contributed by atoms with Gasteiger partial charge < -0.3 is 15.7 Å². The zero-order chi connectivity index (χ0) is 19.2. The third kappa shape index (κ3) is 4.30. The van der Waals surface area contributed by atoms with E-state index in [1.165, 1.54) is 6.07 Å². The summed E-state index contributed by atoms with van der Waals surface area (Å²) in [4.78, 5) is 35.9. The maximum Gasteiger partial charge on any atom is 0.336 e. The topological polar surface area (TPSA) is 95.5 Å². The molecule has 0 bridgehead atoms. The van der Waals surface area contributed by atoms with Crippen molar-refractivity contribution in [3.63, 3.8) is 0 Å². The van der Waals surface area contributed by atoms with E-state index in [0.717, 1.165) is 10.8 Å². The predicted octanol–water partition coefficient (Wildman–Crippen LogP) is 2.70. The average Bonchev–Trinajstić information content (AvgIpc) is 2.70. The van der Waals surface area contributed by atoms with Crippen molar-refractivity contribution >= 4 is 28.6 Å². The SMILES string of the molecule is O=C(NCCNC(=O)c1cc2ccccc2cc1C(=O)O)c1ccccc1. The Morgan fingerprint density at radius 2 is 1.22 bits per heavy atom. The van der Waals surface area contributed by atoms with Gasteiger partial charge in [0, 0.05) is 18.7 Å². The van der Waals surface area contributed by atoms with Crippen LogP contribution in [0.15, 0.2) is 66.7 Å². The van der Waals surface area contributed by atoms with Gasteiger partial charge >= 0.3 is 5.97 Å². The molecule has 0 unspecified atom stereocenters. The highest BCUT2D eigenvalue weighted by molar-refractivity contribution is 6.08. The Bertz CT molecular complexity index is 999. The fourth-order valence-electron chi connectivity index (χ4n) is 2.74. The molecule has 0 aliphatic carbocycles. The third-order valence-corrected chi connectivity index (χ3v) is 4.09. The minimum absolute atomic E-state index is 0.0560. The summed E-state index contributed by atoms with van der Waals surface area (Å²) in [6.07, 6.45) is 0. The normalized spacial score (nSPS) is 10.4. The van der Waals surface area contributed by atoms with Crippen LogP contribution in [0, 0.1) is 0 Å². The Balaban J connectivity index is 1.65. The summed E-state index contributed by atoms with van der Waals surface area (Å²) in [6.45, 7) is 0.415. The second-order valence-corrected chi connectivity index (χ2v) is 5.93. The fraction of sp³-hybridized carbons (Fsp3) is 0.0952. The number of carboxylic acid groups (broad SMARTS) is 1. The summed E-state index contributed by atoms with van der Waals surface area (Å²) in [5, 5.41) is 16.3. The van der Waals surface area contributed by atoms with Crippen molar-refractivity contribution in [2.75, 3.05) is 13.1 Å². The number of fused-ring (bicyclic) bond motifs is 1. The van der Waals surface area contributed by atoms with Crippen LogP contribution in [0.3, 0.4) is 0 Å². The number of carboxylic acids is 1. The highest BCUT2D eigenvalue weighted by atomic mass is 16.4. The maximum atomic E-state index is 12.4. The van der Waals surface area contributed by atoms with E-state index in [9.17, 15) is 19.5 Å². The van der Waals surface area contributed by atoms with E-state index in [-0.39, 0.29) is 30.1 Å². The highest BCUT2D eigenvalue weighted by Gasteiger charge is 2.17. The standard InChI is InChI=1S/C21H18N2O4/c24-19(14-6-2-1-3-7-14)22-10-11-23-20(25)17-12-15-8-4-5-9-16(15)13-18(17)21(26)27/h1-9,12-13H,10-11H2,(H,22,24)(H,23,25)(H,26,27). The van der Waals surface area contributed by atoms with Crippen molar-refractivity contribution in [1.29, 1.82) is 0 Å². The molecule has 0 aliphatic rings. The molecule has 136 valence electrons. The van der Waals surface area contributed by atoms with Crippen LogP contribution in [0.5, 0.6) is 0 Å². The zero-order valence-electron chi connectivity index (χ0n) is 14.4. The zero-order valence-corrected chi connectivity index (χ0v) is 14.4. The van der Waals surface area contributed by atoms with Gasteiger partial charge in [-0.1, -0.05) is 42.5 Å². The van der Waals surface area contributed by atoms with Crippen LogP contribution in [0.2, 0.25) is 0 Å². The molecule has 6 nitrogen and oxygen atoms in total. The van der Waals surface area contributed by atoms with E-state index in [4.69, 9.17) is 0 Å². The number of aromatic carboxylic acids is 1. The van der Waals surface area contributed by atoms with Crippen LogP contribution in [0.1, 0.15) is 31.1 Å². The van der Waals surface area contributed by atoms with Gasteiger partial charge in [0.2, 0.25) is 0 Å². The van der Waals surface area contributed by atoms with Gasteiger partial charge in [0.1, 0.15) is 0 Å². The molecular weight excluding hydrogens is 344 g/mol. The highest BCUT2D eigenvalue weighted by Crippen LogP contribution is 2.20. The van der Waals surface area contributed by atoms with Crippen molar-refractivity contribution in [1.82, 2.24) is 10.6 Å². The molecule has 0 spiro atoms. The summed E-state index contributed by atoms with van der Waals surface area (Å²) in [6, 6.07) is 19.0. The maximum absolute atomic E-state index is 12.4. The summed E-state index contributed by atoms with van der Waals surface area (Å²) in [5.41, 5.74) is 0.571. The molecule has 27 heavy (non-hydrogen) atoms. The number of nitrogens with one attached hydrogen (secondary N) is 2. The van der Waals surface area contributed by atoms with E-state index in [2.05, 4.69) is 10.6 Å². The molecule has 0 aliphatic heterocycles. The van der Waals surface area contributed by atoms with E-state index in [0.29, 0.717) is 5.56 Å². The first-order chi connectivity index (χ1) is 13.1.